The molecular weight excluding hydrogens is 354 g/mol. The third-order valence-electron chi connectivity index (χ3n) is 3.68. The second kappa shape index (κ2) is 7.84. The summed E-state index contributed by atoms with van der Waals surface area (Å²) in [5.74, 6) is 1.46. The molecule has 0 radical (unpaired) electrons. The Morgan fingerprint density at radius 1 is 1.24 bits per heavy atom. The molecule has 7 heteroatoms. The van der Waals surface area contributed by atoms with Crippen molar-refractivity contribution in [3.05, 3.63) is 57.4 Å². The lowest BCUT2D eigenvalue weighted by Crippen LogP contribution is -2.15. The predicted octanol–water partition coefficient (Wildman–Crippen LogP) is 4.53. The zero-order chi connectivity index (χ0) is 17.8. The number of thioether (sulfide) groups is 1. The Bertz CT molecular complexity index is 867. The molecule has 25 heavy (non-hydrogen) atoms. The quantitative estimate of drug-likeness (QED) is 0.643. The molecule has 3 aromatic rings. The highest BCUT2D eigenvalue weighted by atomic mass is 32.2. The van der Waals surface area contributed by atoms with Crippen LogP contribution in [0.1, 0.15) is 27.7 Å². The highest BCUT2D eigenvalue weighted by Gasteiger charge is 2.11. The van der Waals surface area contributed by atoms with Gasteiger partial charge in [-0.1, -0.05) is 30.0 Å². The van der Waals surface area contributed by atoms with Crippen LogP contribution in [0.4, 0.5) is 5.69 Å². The Balaban J connectivity index is 1.54. The maximum absolute atomic E-state index is 12.2. The van der Waals surface area contributed by atoms with Crippen molar-refractivity contribution in [3.63, 3.8) is 0 Å². The maximum atomic E-state index is 12.2. The van der Waals surface area contributed by atoms with Crippen molar-refractivity contribution >= 4 is 34.7 Å². The van der Waals surface area contributed by atoms with Crippen LogP contribution in [0.3, 0.4) is 0 Å². The van der Waals surface area contributed by atoms with Crippen LogP contribution in [0.15, 0.2) is 39.3 Å². The second-order valence-electron chi connectivity index (χ2n) is 5.68. The fourth-order valence-electron chi connectivity index (χ4n) is 2.18. The number of aryl methyl sites for hydroxylation is 3. The van der Waals surface area contributed by atoms with E-state index in [0.717, 1.165) is 33.4 Å². The van der Waals surface area contributed by atoms with Gasteiger partial charge in [-0.15, -0.1) is 11.3 Å². The molecule has 3 rings (SSSR count). The van der Waals surface area contributed by atoms with Crippen LogP contribution in [0.25, 0.3) is 0 Å². The van der Waals surface area contributed by atoms with Gasteiger partial charge in [-0.3, -0.25) is 4.79 Å². The van der Waals surface area contributed by atoms with Crippen LogP contribution in [0.2, 0.25) is 0 Å². The van der Waals surface area contributed by atoms with E-state index in [-0.39, 0.29) is 12.3 Å². The summed E-state index contributed by atoms with van der Waals surface area (Å²) < 4.78 is 5.55. The number of aromatic nitrogens is 2. The van der Waals surface area contributed by atoms with E-state index in [4.69, 9.17) is 4.42 Å². The monoisotopic (exact) mass is 373 g/mol. The minimum Gasteiger partial charge on any atom is -0.437 e. The van der Waals surface area contributed by atoms with E-state index in [9.17, 15) is 4.79 Å². The molecule has 0 fully saturated rings. The molecule has 5 nitrogen and oxygen atoms in total. The van der Waals surface area contributed by atoms with Gasteiger partial charge >= 0.3 is 0 Å². The SMILES string of the molecule is Cc1ccccc1NC(=O)Cc1nc(CSc2nc(C)c(C)o2)cs1. The van der Waals surface area contributed by atoms with Crippen molar-refractivity contribution in [3.8, 4) is 0 Å². The number of oxazole rings is 1. The van der Waals surface area contributed by atoms with E-state index in [1.165, 1.54) is 23.1 Å². The Morgan fingerprint density at radius 3 is 2.76 bits per heavy atom. The van der Waals surface area contributed by atoms with Crippen LogP contribution in [0, 0.1) is 20.8 Å². The van der Waals surface area contributed by atoms with Gasteiger partial charge in [-0.25, -0.2) is 9.97 Å². The summed E-state index contributed by atoms with van der Waals surface area (Å²) >= 11 is 3.01. The van der Waals surface area contributed by atoms with Crippen molar-refractivity contribution in [2.24, 2.45) is 0 Å². The molecule has 2 aromatic heterocycles. The number of nitrogens with zero attached hydrogens (tertiary/aromatic N) is 2. The van der Waals surface area contributed by atoms with Gasteiger partial charge in [0.2, 0.25) is 5.91 Å². The van der Waals surface area contributed by atoms with E-state index in [1.54, 1.807) is 0 Å². The topological polar surface area (TPSA) is 68.0 Å². The van der Waals surface area contributed by atoms with Gasteiger partial charge in [0.1, 0.15) is 10.8 Å². The van der Waals surface area contributed by atoms with Crippen molar-refractivity contribution in [1.82, 2.24) is 9.97 Å². The van der Waals surface area contributed by atoms with E-state index < -0.39 is 0 Å². The molecule has 0 bridgehead atoms. The lowest BCUT2D eigenvalue weighted by molar-refractivity contribution is -0.115. The zero-order valence-electron chi connectivity index (χ0n) is 14.3. The highest BCUT2D eigenvalue weighted by molar-refractivity contribution is 7.98. The first kappa shape index (κ1) is 17.7. The summed E-state index contributed by atoms with van der Waals surface area (Å²) in [7, 11) is 0. The van der Waals surface area contributed by atoms with Crippen molar-refractivity contribution in [2.45, 2.75) is 38.2 Å². The third kappa shape index (κ3) is 4.70. The molecule has 0 unspecified atom stereocenters. The standard InChI is InChI=1S/C18H19N3O2S2/c1-11-6-4-5-7-15(11)21-16(22)8-17-20-14(9-24-17)10-25-18-19-12(2)13(3)23-18/h4-7,9H,8,10H2,1-3H3,(H,21,22). The fourth-order valence-corrected chi connectivity index (χ4v) is 3.88. The van der Waals surface area contributed by atoms with Crippen LogP contribution in [0.5, 0.6) is 0 Å². The lowest BCUT2D eigenvalue weighted by atomic mass is 10.2. The van der Waals surface area contributed by atoms with Gasteiger partial charge in [0.15, 0.2) is 0 Å². The predicted molar refractivity (Wildman–Crippen MR) is 101 cm³/mol. The molecule has 1 N–H and O–H groups in total. The first-order chi connectivity index (χ1) is 12.0. The van der Waals surface area contributed by atoms with Crippen LogP contribution >= 0.6 is 23.1 Å². The summed E-state index contributed by atoms with van der Waals surface area (Å²) in [6.45, 7) is 5.80. The number of thiazole rings is 1. The van der Waals surface area contributed by atoms with E-state index in [0.29, 0.717) is 11.0 Å². The minimum atomic E-state index is -0.0539. The number of rotatable bonds is 6. The Hall–Kier alpha value is -2.12. The average Bonchev–Trinajstić information content (AvgIpc) is 3.14. The largest absolute Gasteiger partial charge is 0.437 e. The zero-order valence-corrected chi connectivity index (χ0v) is 16.0. The number of hydrogen-bond donors (Lipinski definition) is 1. The molecule has 2 heterocycles. The summed E-state index contributed by atoms with van der Waals surface area (Å²) in [5, 5.41) is 6.37. The average molecular weight is 374 g/mol. The summed E-state index contributed by atoms with van der Waals surface area (Å²) in [4.78, 5) is 21.1. The van der Waals surface area contributed by atoms with Crippen molar-refractivity contribution < 1.29 is 9.21 Å². The summed E-state index contributed by atoms with van der Waals surface area (Å²) in [5.41, 5.74) is 3.73. The van der Waals surface area contributed by atoms with E-state index >= 15 is 0 Å². The molecule has 0 atom stereocenters. The van der Waals surface area contributed by atoms with E-state index in [2.05, 4.69) is 15.3 Å². The van der Waals surface area contributed by atoms with Crippen LogP contribution < -0.4 is 5.32 Å². The number of anilines is 1. The number of benzene rings is 1. The molecule has 0 saturated heterocycles. The Labute approximate surface area is 154 Å². The van der Waals surface area contributed by atoms with Crippen LogP contribution in [-0.2, 0) is 17.0 Å². The molecule has 0 aliphatic rings. The molecule has 0 saturated carbocycles. The van der Waals surface area contributed by atoms with Gasteiger partial charge in [0.05, 0.1) is 17.8 Å². The molecule has 130 valence electrons. The molecule has 0 aliphatic heterocycles. The van der Waals surface area contributed by atoms with Gasteiger partial charge in [-0.2, -0.15) is 0 Å². The molecule has 0 aliphatic carbocycles. The van der Waals surface area contributed by atoms with Crippen LogP contribution in [-0.4, -0.2) is 15.9 Å². The van der Waals surface area contributed by atoms with Gasteiger partial charge in [0.25, 0.3) is 5.22 Å². The Morgan fingerprint density at radius 2 is 2.04 bits per heavy atom. The normalized spacial score (nSPS) is 10.8. The molecular formula is C18H19N3O2S2. The van der Waals surface area contributed by atoms with E-state index in [1.807, 2.05) is 50.4 Å². The Kier molecular flexibility index (Phi) is 5.55. The third-order valence-corrected chi connectivity index (χ3v) is 5.44. The molecule has 1 aromatic carbocycles. The molecule has 0 spiro atoms. The smallest absolute Gasteiger partial charge is 0.256 e. The summed E-state index contributed by atoms with van der Waals surface area (Å²) in [6, 6.07) is 7.73. The number of hydrogen-bond acceptors (Lipinski definition) is 6. The number of nitrogens with one attached hydrogen (secondary N) is 1. The number of carbonyl (C=O) groups is 1. The van der Waals surface area contributed by atoms with Gasteiger partial charge in [-0.05, 0) is 32.4 Å². The first-order valence-electron chi connectivity index (χ1n) is 7.87. The highest BCUT2D eigenvalue weighted by Crippen LogP contribution is 2.25. The lowest BCUT2D eigenvalue weighted by Gasteiger charge is -2.06. The maximum Gasteiger partial charge on any atom is 0.256 e. The van der Waals surface area contributed by atoms with Crippen molar-refractivity contribution in [1.29, 1.82) is 0 Å². The van der Waals surface area contributed by atoms with Crippen molar-refractivity contribution in [2.75, 3.05) is 5.32 Å². The number of para-hydroxylation sites is 1. The summed E-state index contributed by atoms with van der Waals surface area (Å²) in [6.07, 6.45) is 0.279. The first-order valence-corrected chi connectivity index (χ1v) is 9.73. The van der Waals surface area contributed by atoms with Gasteiger partial charge in [0, 0.05) is 16.8 Å². The second-order valence-corrected chi connectivity index (χ2v) is 7.55. The number of carbonyl (C=O) groups excluding carboxylic acids is 1. The minimum absolute atomic E-state index is 0.0539. The number of amides is 1. The van der Waals surface area contributed by atoms with Gasteiger partial charge < -0.3 is 9.73 Å². The fraction of sp³-hybridized carbons (Fsp3) is 0.278. The molecule has 1 amide bonds.